The van der Waals surface area contributed by atoms with Crippen molar-refractivity contribution in [2.24, 2.45) is 22.7 Å². The molecular weight excluding hydrogens is 561 g/mol. The minimum atomic E-state index is -2.03. The number of nitrogens with one attached hydrogen (secondary N) is 1. The molecule has 4 fully saturated rings. The Morgan fingerprint density at radius 3 is 2.61 bits per heavy atom. The molecule has 9 atom stereocenters. The maximum Gasteiger partial charge on any atom is 0.193 e. The molecule has 3 saturated carbocycles. The Hall–Kier alpha value is -3.17. The number of carbonyl (C=O) groups is 2. The molecule has 4 aliphatic carbocycles. The van der Waals surface area contributed by atoms with Crippen molar-refractivity contribution in [2.45, 2.75) is 75.7 Å². The van der Waals surface area contributed by atoms with E-state index < -0.39 is 58.9 Å². The van der Waals surface area contributed by atoms with Crippen LogP contribution in [0.2, 0.25) is 0 Å². The van der Waals surface area contributed by atoms with Gasteiger partial charge in [-0.15, -0.1) is 0 Å². The van der Waals surface area contributed by atoms with Crippen molar-refractivity contribution in [2.75, 3.05) is 19.0 Å². The van der Waals surface area contributed by atoms with Crippen molar-refractivity contribution < 1.29 is 33.7 Å². The number of ether oxygens (including phenoxy) is 2. The number of carbonyl (C=O) groups excluding carboxylic acids is 2. The molecule has 3 N–H and O–H groups in total. The summed E-state index contributed by atoms with van der Waals surface area (Å²) < 4.78 is 30.7. The maximum atomic E-state index is 17.6. The number of alkyl halides is 1. The molecule has 7 nitrogen and oxygen atoms in total. The number of rotatable bonds is 6. The molecular formula is C36H40FNO6. The van der Waals surface area contributed by atoms with Crippen LogP contribution in [0.4, 0.5) is 10.1 Å². The fourth-order valence-corrected chi connectivity index (χ4v) is 9.59. The number of aliphatic hydroxyl groups excluding tert-OH is 2. The number of ketones is 2. The highest BCUT2D eigenvalue weighted by Gasteiger charge is 2.79. The number of Topliss-reactive ketones (excluding diaryl/α,β-unsaturated/α-hetero) is 1. The number of halogens is 1. The molecule has 0 aromatic heterocycles. The molecule has 0 unspecified atom stereocenters. The first kappa shape index (κ1) is 29.5. The van der Waals surface area contributed by atoms with E-state index in [1.165, 1.54) is 17.7 Å². The van der Waals surface area contributed by atoms with Gasteiger partial charge in [0.05, 0.1) is 12.2 Å². The smallest absolute Gasteiger partial charge is 0.193 e. The summed E-state index contributed by atoms with van der Waals surface area (Å²) in [7, 11) is 1.89. The highest BCUT2D eigenvalue weighted by atomic mass is 19.1. The van der Waals surface area contributed by atoms with E-state index in [2.05, 4.69) is 17.4 Å². The summed E-state index contributed by atoms with van der Waals surface area (Å²) in [4.78, 5) is 25.9. The minimum Gasteiger partial charge on any atom is -0.390 e. The van der Waals surface area contributed by atoms with Crippen molar-refractivity contribution in [1.29, 1.82) is 0 Å². The van der Waals surface area contributed by atoms with E-state index in [4.69, 9.17) is 9.47 Å². The van der Waals surface area contributed by atoms with Crippen LogP contribution in [0.15, 0.2) is 72.3 Å². The van der Waals surface area contributed by atoms with E-state index in [9.17, 15) is 19.8 Å². The SMILES string of the molecule is CNc1cccc(Cc2ccc([C@H]3O[C@@H]4C[C@H]5[C@@H]6CCC7=CC(=O)C=C[C@]7(C)[C@@]6(F)[C@@H](O)C[C@]5(C)[C@]4(C(=O)CO)O3)cc2)c1. The number of allylic oxidation sites excluding steroid dienone is 4. The molecule has 0 spiro atoms. The first-order valence-corrected chi connectivity index (χ1v) is 15.6. The average Bonchev–Trinajstić information content (AvgIpc) is 3.51. The second-order valence-electron chi connectivity index (χ2n) is 13.8. The Kier molecular flexibility index (Phi) is 6.83. The Morgan fingerprint density at radius 1 is 1.11 bits per heavy atom. The van der Waals surface area contributed by atoms with Gasteiger partial charge in [-0.3, -0.25) is 9.59 Å². The normalized spacial score (nSPS) is 40.5. The number of benzene rings is 2. The molecule has 0 radical (unpaired) electrons. The zero-order valence-corrected chi connectivity index (χ0v) is 25.4. The standard InChI is InChI=1S/C36H40FNO6/c1-33-14-13-26(40)17-24(33)11-12-27-28-18-31-36(30(42)20-39,34(28,2)19-29(41)35(27,33)37)44-32(43-31)23-9-7-21(8-10-23)15-22-5-4-6-25(16-22)38-3/h4-10,13-14,16-17,27-29,31-32,38-39,41H,11-12,15,18-20H2,1-3H3/t27-,28-,29-,31+,32-,33-,34-,35-,36+/m0/s1. The third-order valence-corrected chi connectivity index (χ3v) is 11.8. The zero-order valence-electron chi connectivity index (χ0n) is 25.4. The van der Waals surface area contributed by atoms with Crippen LogP contribution in [0.25, 0.3) is 0 Å². The van der Waals surface area contributed by atoms with Crippen LogP contribution in [0.5, 0.6) is 0 Å². The summed E-state index contributed by atoms with van der Waals surface area (Å²) in [6, 6.07) is 16.1. The first-order chi connectivity index (χ1) is 21.0. The fraction of sp³-hybridized carbons (Fsp3) is 0.500. The summed E-state index contributed by atoms with van der Waals surface area (Å²) in [6.07, 6.45) is 3.65. The van der Waals surface area contributed by atoms with Crippen LogP contribution < -0.4 is 5.32 Å². The van der Waals surface area contributed by atoms with Gasteiger partial charge in [-0.25, -0.2) is 4.39 Å². The van der Waals surface area contributed by atoms with Crippen LogP contribution >= 0.6 is 0 Å². The summed E-state index contributed by atoms with van der Waals surface area (Å²) in [6.45, 7) is 2.93. The minimum absolute atomic E-state index is 0.0295. The molecule has 5 aliphatic rings. The lowest BCUT2D eigenvalue weighted by Gasteiger charge is -2.62. The van der Waals surface area contributed by atoms with Crippen molar-refractivity contribution in [3.63, 3.8) is 0 Å². The molecule has 1 heterocycles. The monoisotopic (exact) mass is 601 g/mol. The molecule has 8 heteroatoms. The van der Waals surface area contributed by atoms with Gasteiger partial charge < -0.3 is 25.0 Å². The summed E-state index contributed by atoms with van der Waals surface area (Å²) in [5.41, 5.74) is -0.863. The zero-order chi connectivity index (χ0) is 31.1. The van der Waals surface area contributed by atoms with E-state index >= 15 is 4.39 Å². The molecule has 7 rings (SSSR count). The lowest BCUT2D eigenvalue weighted by Crippen LogP contribution is -2.69. The van der Waals surface area contributed by atoms with Crippen LogP contribution in [-0.2, 0) is 25.5 Å². The summed E-state index contributed by atoms with van der Waals surface area (Å²) in [5, 5.41) is 25.1. The van der Waals surface area contributed by atoms with Crippen molar-refractivity contribution >= 4 is 17.3 Å². The summed E-state index contributed by atoms with van der Waals surface area (Å²) >= 11 is 0. The lowest BCUT2D eigenvalue weighted by molar-refractivity contribution is -0.231. The summed E-state index contributed by atoms with van der Waals surface area (Å²) in [5.74, 6) is -1.59. The number of hydrogen-bond donors (Lipinski definition) is 3. The van der Waals surface area contributed by atoms with E-state index in [0.29, 0.717) is 24.8 Å². The van der Waals surface area contributed by atoms with Crippen LogP contribution in [-0.4, -0.2) is 58.9 Å². The van der Waals surface area contributed by atoms with Crippen molar-refractivity contribution in [1.82, 2.24) is 0 Å². The molecule has 2 aromatic carbocycles. The Balaban J connectivity index is 1.18. The van der Waals surface area contributed by atoms with E-state index in [-0.39, 0.29) is 18.1 Å². The Morgan fingerprint density at radius 2 is 1.89 bits per heavy atom. The van der Waals surface area contributed by atoms with Gasteiger partial charge >= 0.3 is 0 Å². The largest absolute Gasteiger partial charge is 0.390 e. The Bertz CT molecular complexity index is 1570. The highest BCUT2D eigenvalue weighted by Crippen LogP contribution is 2.72. The molecule has 0 amide bonds. The van der Waals surface area contributed by atoms with E-state index in [0.717, 1.165) is 23.2 Å². The quantitative estimate of drug-likeness (QED) is 0.428. The molecule has 1 aliphatic heterocycles. The van der Waals surface area contributed by atoms with Gasteiger partial charge in [-0.05, 0) is 80.4 Å². The third kappa shape index (κ3) is 3.87. The van der Waals surface area contributed by atoms with Crippen LogP contribution in [0, 0.1) is 22.7 Å². The molecule has 1 saturated heterocycles. The number of aliphatic hydroxyl groups is 2. The average molecular weight is 602 g/mol. The van der Waals surface area contributed by atoms with Crippen LogP contribution in [0.1, 0.15) is 62.5 Å². The Labute approximate surface area is 257 Å². The molecule has 232 valence electrons. The molecule has 44 heavy (non-hydrogen) atoms. The highest BCUT2D eigenvalue weighted by molar-refractivity contribution is 6.01. The predicted octanol–water partition coefficient (Wildman–Crippen LogP) is 5.01. The number of hydrogen-bond acceptors (Lipinski definition) is 7. The number of fused-ring (bicyclic) bond motifs is 7. The van der Waals surface area contributed by atoms with E-state index in [1.807, 2.05) is 50.4 Å². The number of anilines is 1. The van der Waals surface area contributed by atoms with Crippen molar-refractivity contribution in [3.8, 4) is 0 Å². The van der Waals surface area contributed by atoms with E-state index in [1.54, 1.807) is 13.0 Å². The van der Waals surface area contributed by atoms with Gasteiger partial charge in [0.25, 0.3) is 0 Å². The van der Waals surface area contributed by atoms with Gasteiger partial charge in [-0.1, -0.05) is 55.0 Å². The fourth-order valence-electron chi connectivity index (χ4n) is 9.59. The maximum absolute atomic E-state index is 17.6. The molecule has 0 bridgehead atoms. The van der Waals surface area contributed by atoms with Gasteiger partial charge in [0.2, 0.25) is 0 Å². The van der Waals surface area contributed by atoms with Gasteiger partial charge in [0, 0.05) is 35.0 Å². The first-order valence-electron chi connectivity index (χ1n) is 15.6. The lowest BCUT2D eigenvalue weighted by atomic mass is 9.44. The van der Waals surface area contributed by atoms with Crippen LogP contribution in [0.3, 0.4) is 0 Å². The second kappa shape index (κ2) is 10.2. The van der Waals surface area contributed by atoms with Gasteiger partial charge in [0.15, 0.2) is 29.1 Å². The van der Waals surface area contributed by atoms with Gasteiger partial charge in [-0.2, -0.15) is 0 Å². The predicted molar refractivity (Wildman–Crippen MR) is 162 cm³/mol. The third-order valence-electron chi connectivity index (χ3n) is 11.8. The van der Waals surface area contributed by atoms with Gasteiger partial charge in [0.1, 0.15) is 6.61 Å². The van der Waals surface area contributed by atoms with Crippen molar-refractivity contribution in [3.05, 3.63) is 89.0 Å². The topological polar surface area (TPSA) is 105 Å². The molecule has 2 aromatic rings. The second-order valence-corrected chi connectivity index (χ2v) is 13.8.